The summed E-state index contributed by atoms with van der Waals surface area (Å²) in [5.41, 5.74) is 0. The Bertz CT molecular complexity index is 125. The molecule has 1 aliphatic rings. The first kappa shape index (κ1) is 10.0. The van der Waals surface area contributed by atoms with Gasteiger partial charge in [-0.05, 0) is 19.8 Å². The first-order valence-corrected chi connectivity index (χ1v) is 5.13. The highest BCUT2D eigenvalue weighted by atomic mass is 16.5. The van der Waals surface area contributed by atoms with Gasteiger partial charge in [0.05, 0.1) is 12.7 Å². The van der Waals surface area contributed by atoms with E-state index in [2.05, 4.69) is 25.7 Å². The van der Waals surface area contributed by atoms with Gasteiger partial charge in [-0.15, -0.1) is 0 Å². The van der Waals surface area contributed by atoms with Crippen LogP contribution in [0.4, 0.5) is 0 Å². The van der Waals surface area contributed by atoms with Gasteiger partial charge in [0.1, 0.15) is 0 Å². The van der Waals surface area contributed by atoms with Gasteiger partial charge in [-0.25, -0.2) is 0 Å². The minimum absolute atomic E-state index is 0.479. The molecule has 0 radical (unpaired) electrons. The van der Waals surface area contributed by atoms with Crippen molar-refractivity contribution in [2.24, 2.45) is 0 Å². The van der Waals surface area contributed by atoms with Crippen molar-refractivity contribution in [1.82, 2.24) is 4.90 Å². The van der Waals surface area contributed by atoms with E-state index in [1.807, 2.05) is 0 Å². The maximum Gasteiger partial charge on any atom is 0.0700 e. The van der Waals surface area contributed by atoms with Gasteiger partial charge in [-0.2, -0.15) is 0 Å². The molecule has 0 bridgehead atoms. The van der Waals surface area contributed by atoms with E-state index in [0.717, 1.165) is 32.2 Å². The van der Waals surface area contributed by atoms with Crippen LogP contribution in [0.3, 0.4) is 0 Å². The van der Waals surface area contributed by atoms with E-state index >= 15 is 0 Å². The summed E-state index contributed by atoms with van der Waals surface area (Å²) in [5, 5.41) is 0. The van der Waals surface area contributed by atoms with Crippen LogP contribution in [-0.4, -0.2) is 36.7 Å². The van der Waals surface area contributed by atoms with E-state index in [4.69, 9.17) is 4.74 Å². The largest absolute Gasteiger partial charge is 0.376 e. The first-order chi connectivity index (χ1) is 5.77. The molecule has 2 nitrogen and oxygen atoms in total. The summed E-state index contributed by atoms with van der Waals surface area (Å²) < 4.78 is 5.61. The number of nitrogens with zero attached hydrogens (tertiary/aromatic N) is 1. The van der Waals surface area contributed by atoms with Crippen LogP contribution in [0.25, 0.3) is 0 Å². The lowest BCUT2D eigenvalue weighted by atomic mass is 10.1. The zero-order chi connectivity index (χ0) is 8.97. The van der Waals surface area contributed by atoms with Crippen LogP contribution in [0.5, 0.6) is 0 Å². The maximum atomic E-state index is 5.61. The standard InChI is InChI=1S/C10H21NO/c1-4-9(3)11-6-7-12-10(5-2)8-11/h9-10H,4-8H2,1-3H3. The molecule has 0 spiro atoms. The zero-order valence-electron chi connectivity index (χ0n) is 8.55. The Balaban J connectivity index is 2.34. The Kier molecular flexibility index (Phi) is 4.02. The molecule has 2 unspecified atom stereocenters. The molecule has 0 N–H and O–H groups in total. The second kappa shape index (κ2) is 4.83. The number of hydrogen-bond acceptors (Lipinski definition) is 2. The first-order valence-electron chi connectivity index (χ1n) is 5.13. The van der Waals surface area contributed by atoms with Gasteiger partial charge in [0.25, 0.3) is 0 Å². The molecule has 0 aromatic carbocycles. The third-order valence-corrected chi connectivity index (χ3v) is 2.84. The van der Waals surface area contributed by atoms with E-state index in [0.29, 0.717) is 6.10 Å². The zero-order valence-corrected chi connectivity index (χ0v) is 8.55. The van der Waals surface area contributed by atoms with E-state index in [-0.39, 0.29) is 0 Å². The average Bonchev–Trinajstić information content (AvgIpc) is 2.17. The topological polar surface area (TPSA) is 12.5 Å². The molecular weight excluding hydrogens is 150 g/mol. The summed E-state index contributed by atoms with van der Waals surface area (Å²) >= 11 is 0. The minimum Gasteiger partial charge on any atom is -0.376 e. The summed E-state index contributed by atoms with van der Waals surface area (Å²) in [6.45, 7) is 9.92. The normalized spacial score (nSPS) is 28.8. The Morgan fingerprint density at radius 1 is 1.50 bits per heavy atom. The van der Waals surface area contributed by atoms with E-state index in [9.17, 15) is 0 Å². The number of morpholine rings is 1. The summed E-state index contributed by atoms with van der Waals surface area (Å²) in [7, 11) is 0. The van der Waals surface area contributed by atoms with Crippen molar-refractivity contribution in [2.45, 2.75) is 45.8 Å². The molecule has 0 aromatic rings. The molecule has 0 aliphatic carbocycles. The minimum atomic E-state index is 0.479. The fourth-order valence-electron chi connectivity index (χ4n) is 1.65. The van der Waals surface area contributed by atoms with Crippen LogP contribution in [0.1, 0.15) is 33.6 Å². The number of rotatable bonds is 3. The van der Waals surface area contributed by atoms with Crippen molar-refractivity contribution in [1.29, 1.82) is 0 Å². The van der Waals surface area contributed by atoms with Crippen molar-refractivity contribution in [3.05, 3.63) is 0 Å². The van der Waals surface area contributed by atoms with Crippen molar-refractivity contribution in [3.8, 4) is 0 Å². The SMILES string of the molecule is CCC1CN(C(C)CC)CCO1. The molecule has 1 rings (SSSR count). The van der Waals surface area contributed by atoms with Gasteiger partial charge < -0.3 is 4.74 Å². The van der Waals surface area contributed by atoms with E-state index in [1.165, 1.54) is 6.42 Å². The quantitative estimate of drug-likeness (QED) is 0.643. The molecule has 1 saturated heterocycles. The van der Waals surface area contributed by atoms with Gasteiger partial charge in [0, 0.05) is 19.1 Å². The number of ether oxygens (including phenoxy) is 1. The molecule has 1 aliphatic heterocycles. The fraction of sp³-hybridized carbons (Fsp3) is 1.00. The van der Waals surface area contributed by atoms with Crippen LogP contribution >= 0.6 is 0 Å². The summed E-state index contributed by atoms with van der Waals surface area (Å²) in [5.74, 6) is 0. The van der Waals surface area contributed by atoms with Gasteiger partial charge in [0.15, 0.2) is 0 Å². The Labute approximate surface area is 75.9 Å². The third-order valence-electron chi connectivity index (χ3n) is 2.84. The van der Waals surface area contributed by atoms with Crippen molar-refractivity contribution >= 4 is 0 Å². The smallest absolute Gasteiger partial charge is 0.0700 e. The lowest BCUT2D eigenvalue weighted by Crippen LogP contribution is -2.46. The van der Waals surface area contributed by atoms with Gasteiger partial charge in [-0.1, -0.05) is 13.8 Å². The predicted octanol–water partition coefficient (Wildman–Crippen LogP) is 1.90. The molecular formula is C10H21NO. The average molecular weight is 171 g/mol. The molecule has 0 saturated carbocycles. The van der Waals surface area contributed by atoms with Gasteiger partial charge in [-0.3, -0.25) is 4.90 Å². The second-order valence-electron chi connectivity index (χ2n) is 3.65. The highest BCUT2D eigenvalue weighted by molar-refractivity contribution is 4.74. The second-order valence-corrected chi connectivity index (χ2v) is 3.65. The fourth-order valence-corrected chi connectivity index (χ4v) is 1.65. The molecule has 1 heterocycles. The molecule has 1 fully saturated rings. The van der Waals surface area contributed by atoms with Crippen molar-refractivity contribution in [3.63, 3.8) is 0 Å². The lowest BCUT2D eigenvalue weighted by molar-refractivity contribution is -0.0423. The van der Waals surface area contributed by atoms with Crippen molar-refractivity contribution < 1.29 is 4.74 Å². The Morgan fingerprint density at radius 2 is 2.25 bits per heavy atom. The third kappa shape index (κ3) is 2.46. The molecule has 2 atom stereocenters. The highest BCUT2D eigenvalue weighted by Crippen LogP contribution is 2.12. The van der Waals surface area contributed by atoms with Crippen LogP contribution in [0, 0.1) is 0 Å². The molecule has 72 valence electrons. The Hall–Kier alpha value is -0.0800. The monoisotopic (exact) mass is 171 g/mol. The number of hydrogen-bond donors (Lipinski definition) is 0. The maximum absolute atomic E-state index is 5.61. The molecule has 0 aromatic heterocycles. The highest BCUT2D eigenvalue weighted by Gasteiger charge is 2.21. The molecule has 12 heavy (non-hydrogen) atoms. The van der Waals surface area contributed by atoms with Gasteiger partial charge in [0.2, 0.25) is 0 Å². The van der Waals surface area contributed by atoms with Crippen molar-refractivity contribution in [2.75, 3.05) is 19.7 Å². The summed E-state index contributed by atoms with van der Waals surface area (Å²) in [6.07, 6.45) is 2.87. The van der Waals surface area contributed by atoms with Gasteiger partial charge >= 0.3 is 0 Å². The van der Waals surface area contributed by atoms with Crippen LogP contribution < -0.4 is 0 Å². The van der Waals surface area contributed by atoms with E-state index < -0.39 is 0 Å². The summed E-state index contributed by atoms with van der Waals surface area (Å²) in [6, 6.07) is 0.725. The Morgan fingerprint density at radius 3 is 2.83 bits per heavy atom. The lowest BCUT2D eigenvalue weighted by Gasteiger charge is -2.36. The van der Waals surface area contributed by atoms with Crippen LogP contribution in [0.15, 0.2) is 0 Å². The van der Waals surface area contributed by atoms with Crippen LogP contribution in [0.2, 0.25) is 0 Å². The van der Waals surface area contributed by atoms with Crippen LogP contribution in [-0.2, 0) is 4.74 Å². The molecule has 2 heteroatoms. The molecule has 0 amide bonds. The predicted molar refractivity (Wildman–Crippen MR) is 51.4 cm³/mol. The summed E-state index contributed by atoms with van der Waals surface area (Å²) in [4.78, 5) is 2.54. The van der Waals surface area contributed by atoms with E-state index in [1.54, 1.807) is 0 Å².